The van der Waals surface area contributed by atoms with Crippen LogP contribution in [0.5, 0.6) is 5.75 Å². The molecule has 0 unspecified atom stereocenters. The molecule has 0 fully saturated rings. The quantitative estimate of drug-likeness (QED) is 0.449. The number of nitrogen functional groups attached to an aromatic ring is 1. The Morgan fingerprint density at radius 1 is 1.03 bits per heavy atom. The average molecular weight is 399 g/mol. The minimum Gasteiger partial charge on any atom is -0.495 e. The fourth-order valence-electron chi connectivity index (χ4n) is 3.84. The topological polar surface area (TPSA) is 78.9 Å². The molecule has 0 atom stereocenters. The summed E-state index contributed by atoms with van der Waals surface area (Å²) in [6, 6.07) is 11.0. The number of pyridine rings is 3. The van der Waals surface area contributed by atoms with Crippen molar-refractivity contribution in [2.24, 2.45) is 7.05 Å². The highest BCUT2D eigenvalue weighted by molar-refractivity contribution is 6.14. The summed E-state index contributed by atoms with van der Waals surface area (Å²) in [6.07, 6.45) is 6.50. The van der Waals surface area contributed by atoms with Gasteiger partial charge in [-0.25, -0.2) is 9.37 Å². The first-order chi connectivity index (χ1) is 14.6. The third kappa shape index (κ3) is 2.67. The molecule has 0 amide bonds. The lowest BCUT2D eigenvalue weighted by Crippen LogP contribution is -1.95. The number of halogens is 1. The Balaban J connectivity index is 1.87. The smallest absolute Gasteiger partial charge is 0.150 e. The molecule has 1 aromatic carbocycles. The van der Waals surface area contributed by atoms with E-state index in [0.717, 1.165) is 22.2 Å². The standard InChI is InChI=1S/C23H18FN5O/c1-29-19-12-27-18(14-4-3-7-26-10-14)9-15(19)22-21(16(24)11-28-23(22)29)13-5-6-17(25)20(8-13)30-2/h3-12H,25H2,1-2H3. The third-order valence-corrected chi connectivity index (χ3v) is 5.32. The lowest BCUT2D eigenvalue weighted by Gasteiger charge is -2.10. The van der Waals surface area contributed by atoms with Gasteiger partial charge in [-0.2, -0.15) is 0 Å². The van der Waals surface area contributed by atoms with Gasteiger partial charge in [0.25, 0.3) is 0 Å². The van der Waals surface area contributed by atoms with Crippen LogP contribution in [0.25, 0.3) is 44.3 Å². The Hall–Kier alpha value is -4.00. The summed E-state index contributed by atoms with van der Waals surface area (Å²) < 4.78 is 22.4. The maximum absolute atomic E-state index is 15.1. The van der Waals surface area contributed by atoms with E-state index in [1.54, 1.807) is 36.8 Å². The lowest BCUT2D eigenvalue weighted by molar-refractivity contribution is 0.417. The van der Waals surface area contributed by atoms with E-state index in [1.807, 2.05) is 29.8 Å². The number of anilines is 1. The average Bonchev–Trinajstić information content (AvgIpc) is 3.06. The lowest BCUT2D eigenvalue weighted by atomic mass is 10.00. The second-order valence-corrected chi connectivity index (χ2v) is 7.02. The first-order valence-corrected chi connectivity index (χ1v) is 9.35. The van der Waals surface area contributed by atoms with Crippen LogP contribution < -0.4 is 10.5 Å². The zero-order chi connectivity index (χ0) is 20.8. The number of ether oxygens (including phenoxy) is 1. The van der Waals surface area contributed by atoms with Crippen molar-refractivity contribution in [3.8, 4) is 28.1 Å². The highest BCUT2D eigenvalue weighted by Crippen LogP contribution is 2.39. The summed E-state index contributed by atoms with van der Waals surface area (Å²) in [5, 5.41) is 1.58. The van der Waals surface area contributed by atoms with Crippen molar-refractivity contribution in [2.45, 2.75) is 0 Å². The molecule has 7 heteroatoms. The molecule has 148 valence electrons. The molecule has 5 aromatic rings. The molecule has 0 bridgehead atoms. The van der Waals surface area contributed by atoms with Crippen LogP contribution in [-0.2, 0) is 7.05 Å². The van der Waals surface area contributed by atoms with Gasteiger partial charge >= 0.3 is 0 Å². The van der Waals surface area contributed by atoms with E-state index in [9.17, 15) is 0 Å². The summed E-state index contributed by atoms with van der Waals surface area (Å²) >= 11 is 0. The van der Waals surface area contributed by atoms with E-state index in [4.69, 9.17) is 10.5 Å². The second-order valence-electron chi connectivity index (χ2n) is 7.02. The highest BCUT2D eigenvalue weighted by atomic mass is 19.1. The van der Waals surface area contributed by atoms with E-state index in [2.05, 4.69) is 15.0 Å². The van der Waals surface area contributed by atoms with Crippen molar-refractivity contribution < 1.29 is 9.13 Å². The van der Waals surface area contributed by atoms with Crippen molar-refractivity contribution in [3.63, 3.8) is 0 Å². The van der Waals surface area contributed by atoms with Gasteiger partial charge in [0.2, 0.25) is 0 Å². The molecule has 4 aromatic heterocycles. The monoisotopic (exact) mass is 399 g/mol. The zero-order valence-corrected chi connectivity index (χ0v) is 16.4. The van der Waals surface area contributed by atoms with Gasteiger partial charge in [0.1, 0.15) is 17.2 Å². The fraction of sp³-hybridized carbons (Fsp3) is 0.0870. The van der Waals surface area contributed by atoms with E-state index in [-0.39, 0.29) is 0 Å². The van der Waals surface area contributed by atoms with Gasteiger partial charge in [-0.1, -0.05) is 6.07 Å². The molecular weight excluding hydrogens is 381 g/mol. The Morgan fingerprint density at radius 3 is 2.67 bits per heavy atom. The van der Waals surface area contributed by atoms with Crippen LogP contribution >= 0.6 is 0 Å². The van der Waals surface area contributed by atoms with E-state index in [0.29, 0.717) is 33.6 Å². The summed E-state index contributed by atoms with van der Waals surface area (Å²) in [5.74, 6) is 0.0800. The van der Waals surface area contributed by atoms with Gasteiger partial charge in [-0.05, 0) is 35.9 Å². The number of methoxy groups -OCH3 is 1. The first-order valence-electron chi connectivity index (χ1n) is 9.35. The number of benzene rings is 1. The molecule has 4 heterocycles. The van der Waals surface area contributed by atoms with Crippen LogP contribution in [-0.4, -0.2) is 26.6 Å². The second kappa shape index (κ2) is 6.81. The SMILES string of the molecule is COc1cc(-c2c(F)cnc3c2c2cc(-c4cccnc4)ncc2n3C)ccc1N. The number of hydrogen-bond donors (Lipinski definition) is 1. The van der Waals surface area contributed by atoms with Crippen molar-refractivity contribution in [1.29, 1.82) is 0 Å². The Labute approximate surface area is 171 Å². The molecule has 30 heavy (non-hydrogen) atoms. The number of fused-ring (bicyclic) bond motifs is 3. The maximum atomic E-state index is 15.1. The van der Waals surface area contributed by atoms with Crippen molar-refractivity contribution >= 4 is 27.6 Å². The molecule has 6 nitrogen and oxygen atoms in total. The fourth-order valence-corrected chi connectivity index (χ4v) is 3.84. The van der Waals surface area contributed by atoms with Crippen molar-refractivity contribution in [3.05, 3.63) is 67.0 Å². The van der Waals surface area contributed by atoms with Gasteiger partial charge in [-0.3, -0.25) is 9.97 Å². The number of nitrogens with two attached hydrogens (primary N) is 1. The number of nitrogens with zero attached hydrogens (tertiary/aromatic N) is 4. The molecule has 0 aliphatic carbocycles. The first kappa shape index (κ1) is 18.1. The zero-order valence-electron chi connectivity index (χ0n) is 16.4. The molecule has 0 radical (unpaired) electrons. The van der Waals surface area contributed by atoms with Crippen LogP contribution in [0.3, 0.4) is 0 Å². The maximum Gasteiger partial charge on any atom is 0.150 e. The largest absolute Gasteiger partial charge is 0.495 e. The number of aryl methyl sites for hydroxylation is 1. The molecule has 0 aliphatic heterocycles. The van der Waals surface area contributed by atoms with Crippen molar-refractivity contribution in [1.82, 2.24) is 19.5 Å². The normalized spacial score (nSPS) is 11.3. The van der Waals surface area contributed by atoms with Gasteiger partial charge in [0, 0.05) is 41.3 Å². The van der Waals surface area contributed by atoms with Gasteiger partial charge in [-0.15, -0.1) is 0 Å². The van der Waals surface area contributed by atoms with Gasteiger partial charge < -0.3 is 15.0 Å². The predicted molar refractivity (Wildman–Crippen MR) is 116 cm³/mol. The minimum absolute atomic E-state index is 0.415. The Morgan fingerprint density at radius 2 is 1.90 bits per heavy atom. The molecule has 0 aliphatic rings. The van der Waals surface area contributed by atoms with Crippen LogP contribution in [0.1, 0.15) is 0 Å². The van der Waals surface area contributed by atoms with Crippen LogP contribution in [0, 0.1) is 5.82 Å². The molecule has 0 saturated carbocycles. The summed E-state index contributed by atoms with van der Waals surface area (Å²) in [5.41, 5.74) is 10.7. The van der Waals surface area contributed by atoms with E-state index in [1.165, 1.54) is 13.3 Å². The Bertz CT molecular complexity index is 1410. The summed E-state index contributed by atoms with van der Waals surface area (Å²) in [4.78, 5) is 13.1. The van der Waals surface area contributed by atoms with Gasteiger partial charge in [0.15, 0.2) is 0 Å². The highest BCUT2D eigenvalue weighted by Gasteiger charge is 2.20. The molecule has 0 spiro atoms. The van der Waals surface area contributed by atoms with Crippen LogP contribution in [0.15, 0.2) is 61.2 Å². The number of rotatable bonds is 3. The number of aromatic nitrogens is 4. The number of hydrogen-bond acceptors (Lipinski definition) is 5. The van der Waals surface area contributed by atoms with E-state index < -0.39 is 5.82 Å². The Kier molecular flexibility index (Phi) is 4.10. The van der Waals surface area contributed by atoms with E-state index >= 15 is 4.39 Å². The van der Waals surface area contributed by atoms with Crippen LogP contribution in [0.4, 0.5) is 10.1 Å². The summed E-state index contributed by atoms with van der Waals surface area (Å²) in [7, 11) is 3.44. The predicted octanol–water partition coefficient (Wildman–Crippen LogP) is 4.58. The van der Waals surface area contributed by atoms with Crippen molar-refractivity contribution in [2.75, 3.05) is 12.8 Å². The van der Waals surface area contributed by atoms with Crippen LogP contribution in [0.2, 0.25) is 0 Å². The molecular formula is C23H18FN5O. The molecule has 0 saturated heterocycles. The molecule has 2 N–H and O–H groups in total. The third-order valence-electron chi connectivity index (χ3n) is 5.32. The molecule has 5 rings (SSSR count). The summed E-state index contributed by atoms with van der Waals surface area (Å²) in [6.45, 7) is 0. The van der Waals surface area contributed by atoms with Gasteiger partial charge in [0.05, 0.1) is 36.4 Å². The minimum atomic E-state index is -0.415.